The number of Topliss-reactive ketones (excluding diaryl/α,β-unsaturated/α-hetero) is 1. The fourth-order valence-electron chi connectivity index (χ4n) is 4.49. The number of rotatable bonds is 7. The molecule has 4 aromatic rings. The van der Waals surface area contributed by atoms with Crippen LogP contribution < -0.4 is 4.74 Å². The Morgan fingerprint density at radius 1 is 1.00 bits per heavy atom. The van der Waals surface area contributed by atoms with Gasteiger partial charge in [-0.1, -0.05) is 54.6 Å². The molecule has 5 rings (SSSR count). The molecule has 2 N–H and O–H groups in total. The third-order valence-corrected chi connectivity index (χ3v) is 6.17. The molecule has 0 fully saturated rings. The van der Waals surface area contributed by atoms with Gasteiger partial charge in [0.1, 0.15) is 5.75 Å². The minimum absolute atomic E-state index is 0.00961. The maximum Gasteiger partial charge on any atom is 0.290 e. The number of benzene rings is 3. The number of aliphatic hydroxyl groups is 1. The van der Waals surface area contributed by atoms with Crippen LogP contribution in [0.25, 0.3) is 11.0 Å². The summed E-state index contributed by atoms with van der Waals surface area (Å²) in [7, 11) is 1.51. The number of aliphatic hydroxyl groups excluding tert-OH is 1. The number of aromatic hydroxyl groups is 1. The Bertz CT molecular complexity index is 1450. The number of phenols is 1. The van der Waals surface area contributed by atoms with Crippen molar-refractivity contribution in [2.45, 2.75) is 12.5 Å². The van der Waals surface area contributed by atoms with Crippen LogP contribution in [0.5, 0.6) is 11.5 Å². The molecule has 7 nitrogen and oxygen atoms in total. The highest BCUT2D eigenvalue weighted by Gasteiger charge is 2.44. The number of carbonyl (C=O) groups excluding carboxylic acids is 2. The summed E-state index contributed by atoms with van der Waals surface area (Å²) < 4.78 is 11.1. The second-order valence-corrected chi connectivity index (χ2v) is 8.31. The lowest BCUT2D eigenvalue weighted by atomic mass is 9.94. The van der Waals surface area contributed by atoms with Gasteiger partial charge in [0.2, 0.25) is 5.78 Å². The van der Waals surface area contributed by atoms with Gasteiger partial charge in [-0.3, -0.25) is 9.59 Å². The topological polar surface area (TPSA) is 100 Å². The number of hydrogen-bond donors (Lipinski definition) is 2. The van der Waals surface area contributed by atoms with Crippen molar-refractivity contribution in [3.05, 3.63) is 107 Å². The van der Waals surface area contributed by atoms with Crippen LogP contribution in [0.15, 0.2) is 94.6 Å². The van der Waals surface area contributed by atoms with Gasteiger partial charge in [-0.15, -0.1) is 0 Å². The predicted octanol–water partition coefficient (Wildman–Crippen LogP) is 4.97. The van der Waals surface area contributed by atoms with Crippen molar-refractivity contribution in [1.29, 1.82) is 0 Å². The average Bonchev–Trinajstić information content (AvgIpc) is 3.42. The number of ether oxygens (including phenoxy) is 1. The SMILES string of the molecule is COc1cccc2cc(C(=O)C3=C(O)C(=O)N(CCc4ccccc4)C3c3cccc(O)c3)oc12. The van der Waals surface area contributed by atoms with Gasteiger partial charge in [0.25, 0.3) is 5.91 Å². The van der Waals surface area contributed by atoms with Crippen molar-refractivity contribution in [3.8, 4) is 11.5 Å². The van der Waals surface area contributed by atoms with Gasteiger partial charge in [-0.05, 0) is 41.8 Å². The zero-order valence-electron chi connectivity index (χ0n) is 19.0. The third kappa shape index (κ3) is 4.01. The summed E-state index contributed by atoms with van der Waals surface area (Å²) in [5, 5.41) is 21.6. The quantitative estimate of drug-likeness (QED) is 0.371. The number of nitrogens with zero attached hydrogens (tertiary/aromatic N) is 1. The Hall–Kier alpha value is -4.52. The zero-order chi connectivity index (χ0) is 24.5. The van der Waals surface area contributed by atoms with E-state index >= 15 is 0 Å². The van der Waals surface area contributed by atoms with E-state index in [0.717, 1.165) is 5.56 Å². The molecule has 1 aromatic heterocycles. The molecule has 7 heteroatoms. The number of amides is 1. The predicted molar refractivity (Wildman–Crippen MR) is 129 cm³/mol. The highest BCUT2D eigenvalue weighted by atomic mass is 16.5. The van der Waals surface area contributed by atoms with Crippen molar-refractivity contribution in [1.82, 2.24) is 4.90 Å². The lowest BCUT2D eigenvalue weighted by molar-refractivity contribution is -0.129. The summed E-state index contributed by atoms with van der Waals surface area (Å²) in [5.74, 6) is -1.44. The molecule has 2 heterocycles. The molecular formula is C28H23NO6. The van der Waals surface area contributed by atoms with Crippen LogP contribution in [-0.4, -0.2) is 40.5 Å². The van der Waals surface area contributed by atoms with Crippen LogP contribution in [0, 0.1) is 0 Å². The molecule has 1 unspecified atom stereocenters. The third-order valence-electron chi connectivity index (χ3n) is 6.17. The number of furan rings is 1. The first-order valence-electron chi connectivity index (χ1n) is 11.2. The van der Waals surface area contributed by atoms with E-state index in [0.29, 0.717) is 28.7 Å². The van der Waals surface area contributed by atoms with E-state index < -0.39 is 23.5 Å². The van der Waals surface area contributed by atoms with E-state index in [1.165, 1.54) is 24.1 Å². The second-order valence-electron chi connectivity index (χ2n) is 8.31. The molecule has 176 valence electrons. The van der Waals surface area contributed by atoms with Crippen LogP contribution >= 0.6 is 0 Å². The molecule has 0 bridgehead atoms. The minimum atomic E-state index is -0.888. The Labute approximate surface area is 201 Å². The van der Waals surface area contributed by atoms with Crippen LogP contribution in [0.1, 0.15) is 27.7 Å². The average molecular weight is 469 g/mol. The van der Waals surface area contributed by atoms with Gasteiger partial charge in [0, 0.05) is 11.9 Å². The molecule has 0 aliphatic carbocycles. The Morgan fingerprint density at radius 2 is 1.77 bits per heavy atom. The molecule has 1 atom stereocenters. The lowest BCUT2D eigenvalue weighted by Crippen LogP contribution is -2.33. The van der Waals surface area contributed by atoms with E-state index in [-0.39, 0.29) is 23.6 Å². The first kappa shape index (κ1) is 22.3. The molecule has 0 spiro atoms. The molecule has 35 heavy (non-hydrogen) atoms. The zero-order valence-corrected chi connectivity index (χ0v) is 19.0. The number of ketones is 1. The molecular weight excluding hydrogens is 446 g/mol. The Balaban J connectivity index is 1.56. The molecule has 0 saturated heterocycles. The molecule has 1 aliphatic heterocycles. The first-order chi connectivity index (χ1) is 17.0. The standard InChI is InChI=1S/C28H23NO6/c1-34-21-12-6-10-19-16-22(35-27(19)21)25(31)23-24(18-9-5-11-20(30)15-18)29(28(33)26(23)32)14-13-17-7-3-2-4-8-17/h2-12,15-16,24,30,32H,13-14H2,1H3. The maximum atomic E-state index is 13.7. The van der Waals surface area contributed by atoms with Gasteiger partial charge in [0.15, 0.2) is 22.9 Å². The van der Waals surface area contributed by atoms with Crippen LogP contribution in [0.4, 0.5) is 0 Å². The minimum Gasteiger partial charge on any atom is -0.508 e. The summed E-state index contributed by atoms with van der Waals surface area (Å²) in [5.41, 5.74) is 1.83. The van der Waals surface area contributed by atoms with Gasteiger partial charge in [-0.2, -0.15) is 0 Å². The largest absolute Gasteiger partial charge is 0.508 e. The van der Waals surface area contributed by atoms with Crippen molar-refractivity contribution in [2.24, 2.45) is 0 Å². The van der Waals surface area contributed by atoms with E-state index in [9.17, 15) is 19.8 Å². The van der Waals surface area contributed by atoms with Crippen molar-refractivity contribution in [2.75, 3.05) is 13.7 Å². The fourth-order valence-corrected chi connectivity index (χ4v) is 4.49. The molecule has 1 amide bonds. The van der Waals surface area contributed by atoms with Crippen LogP contribution in [-0.2, 0) is 11.2 Å². The number of phenolic OH excluding ortho intramolecular Hbond substituents is 1. The Kier molecular flexibility index (Phi) is 5.74. The summed E-state index contributed by atoms with van der Waals surface area (Å²) in [6, 6.07) is 21.9. The van der Waals surface area contributed by atoms with Crippen molar-refractivity contribution < 1.29 is 29.0 Å². The maximum absolute atomic E-state index is 13.7. The Morgan fingerprint density at radius 3 is 2.51 bits per heavy atom. The van der Waals surface area contributed by atoms with Crippen molar-refractivity contribution >= 4 is 22.7 Å². The number of methoxy groups -OCH3 is 1. The smallest absolute Gasteiger partial charge is 0.290 e. The van der Waals surface area contributed by atoms with E-state index in [1.807, 2.05) is 30.3 Å². The lowest BCUT2D eigenvalue weighted by Gasteiger charge is -2.26. The summed E-state index contributed by atoms with van der Waals surface area (Å²) in [4.78, 5) is 28.3. The van der Waals surface area contributed by atoms with Gasteiger partial charge >= 0.3 is 0 Å². The summed E-state index contributed by atoms with van der Waals surface area (Å²) in [6.45, 7) is 0.262. The molecule has 0 radical (unpaired) electrons. The van der Waals surface area contributed by atoms with Crippen LogP contribution in [0.2, 0.25) is 0 Å². The number of hydrogen-bond acceptors (Lipinski definition) is 6. The van der Waals surface area contributed by atoms with E-state index in [4.69, 9.17) is 9.15 Å². The van der Waals surface area contributed by atoms with Gasteiger partial charge in [-0.25, -0.2) is 0 Å². The van der Waals surface area contributed by atoms with Gasteiger partial charge in [0.05, 0.1) is 18.7 Å². The number of para-hydroxylation sites is 1. The van der Waals surface area contributed by atoms with Crippen LogP contribution in [0.3, 0.4) is 0 Å². The summed E-state index contributed by atoms with van der Waals surface area (Å²) in [6.07, 6.45) is 0.526. The molecule has 0 saturated carbocycles. The van der Waals surface area contributed by atoms with Crippen molar-refractivity contribution in [3.63, 3.8) is 0 Å². The van der Waals surface area contributed by atoms with E-state index in [1.54, 1.807) is 36.4 Å². The summed E-state index contributed by atoms with van der Waals surface area (Å²) >= 11 is 0. The van der Waals surface area contributed by atoms with E-state index in [2.05, 4.69) is 0 Å². The first-order valence-corrected chi connectivity index (χ1v) is 11.2. The monoisotopic (exact) mass is 469 g/mol. The molecule has 3 aromatic carbocycles. The number of carbonyl (C=O) groups is 2. The highest BCUT2D eigenvalue weighted by molar-refractivity contribution is 6.16. The number of fused-ring (bicyclic) bond motifs is 1. The highest BCUT2D eigenvalue weighted by Crippen LogP contribution is 2.41. The normalized spacial score (nSPS) is 15.7. The van der Waals surface area contributed by atoms with Gasteiger partial charge < -0.3 is 24.3 Å². The molecule has 1 aliphatic rings. The fraction of sp³-hybridized carbons (Fsp3) is 0.143. The second kappa shape index (κ2) is 9.02.